The zero-order valence-electron chi connectivity index (χ0n) is 8.91. The number of hydrogen-bond donors (Lipinski definition) is 0. The topological polar surface area (TPSA) is 42.2 Å². The van der Waals surface area contributed by atoms with Crippen molar-refractivity contribution in [2.75, 3.05) is 6.79 Å². The maximum Gasteiger partial charge on any atom is 0.231 e. The molecule has 0 amide bonds. The Labute approximate surface area is 89.2 Å². The Morgan fingerprint density at radius 2 is 2.07 bits per heavy atom. The Hall–Kier alpha value is -1.69. The monoisotopic (exact) mass is 203 g/mol. The second kappa shape index (κ2) is 3.47. The number of fused-ring (bicyclic) bond motifs is 1. The predicted molar refractivity (Wildman–Crippen MR) is 55.7 cm³/mol. The van der Waals surface area contributed by atoms with Crippen LogP contribution in [0.25, 0.3) is 0 Å². The van der Waals surface area contributed by atoms with Crippen LogP contribution in [0.3, 0.4) is 0 Å². The molecule has 0 fully saturated rings. The maximum atomic E-state index is 8.94. The van der Waals surface area contributed by atoms with Gasteiger partial charge in [-0.3, -0.25) is 0 Å². The molecule has 0 unspecified atom stereocenters. The first-order valence-corrected chi connectivity index (χ1v) is 4.90. The van der Waals surface area contributed by atoms with Gasteiger partial charge in [-0.05, 0) is 38.0 Å². The van der Waals surface area contributed by atoms with Crippen LogP contribution in [0, 0.1) is 16.7 Å². The molecule has 1 aliphatic heterocycles. The van der Waals surface area contributed by atoms with E-state index in [0.29, 0.717) is 6.79 Å². The minimum Gasteiger partial charge on any atom is -0.454 e. The lowest BCUT2D eigenvalue weighted by atomic mass is 9.87. The number of nitrogens with zero attached hydrogens (tertiary/aromatic N) is 1. The van der Waals surface area contributed by atoms with Crippen molar-refractivity contribution < 1.29 is 9.47 Å². The van der Waals surface area contributed by atoms with Gasteiger partial charge in [-0.25, -0.2) is 0 Å². The molecular weight excluding hydrogens is 190 g/mol. The fourth-order valence-corrected chi connectivity index (χ4v) is 1.60. The van der Waals surface area contributed by atoms with E-state index in [1.54, 1.807) is 0 Å². The minimum absolute atomic E-state index is 0.292. The van der Waals surface area contributed by atoms with Gasteiger partial charge in [-0.2, -0.15) is 5.26 Å². The van der Waals surface area contributed by atoms with Gasteiger partial charge in [0, 0.05) is 0 Å². The number of benzene rings is 1. The van der Waals surface area contributed by atoms with Crippen molar-refractivity contribution >= 4 is 0 Å². The van der Waals surface area contributed by atoms with Gasteiger partial charge in [0.15, 0.2) is 11.5 Å². The molecule has 1 aliphatic rings. The summed E-state index contributed by atoms with van der Waals surface area (Å²) in [6.45, 7) is 4.15. The first kappa shape index (κ1) is 9.85. The molecule has 0 atom stereocenters. The molecule has 0 saturated heterocycles. The van der Waals surface area contributed by atoms with Crippen molar-refractivity contribution in [3.8, 4) is 17.6 Å². The molecular formula is C12H13NO2. The van der Waals surface area contributed by atoms with Crippen LogP contribution in [-0.2, 0) is 6.42 Å². The van der Waals surface area contributed by atoms with Crippen LogP contribution in [0.2, 0.25) is 0 Å². The molecule has 0 bridgehead atoms. The second-order valence-corrected chi connectivity index (χ2v) is 4.36. The van der Waals surface area contributed by atoms with Crippen molar-refractivity contribution in [3.05, 3.63) is 23.8 Å². The van der Waals surface area contributed by atoms with Crippen LogP contribution in [0.15, 0.2) is 18.2 Å². The van der Waals surface area contributed by atoms with Crippen LogP contribution >= 0.6 is 0 Å². The van der Waals surface area contributed by atoms with Crippen molar-refractivity contribution in [1.82, 2.24) is 0 Å². The van der Waals surface area contributed by atoms with E-state index in [4.69, 9.17) is 14.7 Å². The molecule has 3 heteroatoms. The first-order valence-electron chi connectivity index (χ1n) is 4.90. The fourth-order valence-electron chi connectivity index (χ4n) is 1.60. The predicted octanol–water partition coefficient (Wildman–Crippen LogP) is 2.51. The molecule has 1 aromatic carbocycles. The maximum absolute atomic E-state index is 8.94. The lowest BCUT2D eigenvalue weighted by Crippen LogP contribution is -2.11. The smallest absolute Gasteiger partial charge is 0.231 e. The zero-order valence-corrected chi connectivity index (χ0v) is 8.91. The first-order chi connectivity index (χ1) is 7.11. The van der Waals surface area contributed by atoms with Crippen LogP contribution < -0.4 is 9.47 Å². The highest BCUT2D eigenvalue weighted by molar-refractivity contribution is 5.44. The van der Waals surface area contributed by atoms with Gasteiger partial charge in [0.1, 0.15) is 0 Å². The third-order valence-corrected chi connectivity index (χ3v) is 2.39. The molecule has 1 heterocycles. The van der Waals surface area contributed by atoms with E-state index in [0.717, 1.165) is 23.5 Å². The summed E-state index contributed by atoms with van der Waals surface area (Å²) in [5.74, 6) is 1.56. The molecule has 0 aromatic heterocycles. The zero-order chi connectivity index (χ0) is 10.9. The minimum atomic E-state index is -0.340. The molecule has 3 nitrogen and oxygen atoms in total. The van der Waals surface area contributed by atoms with Gasteiger partial charge in [0.25, 0.3) is 0 Å². The van der Waals surface area contributed by atoms with Gasteiger partial charge in [0.05, 0.1) is 11.5 Å². The average Bonchev–Trinajstić information content (AvgIpc) is 2.64. The summed E-state index contributed by atoms with van der Waals surface area (Å²) in [7, 11) is 0. The van der Waals surface area contributed by atoms with Gasteiger partial charge in [0.2, 0.25) is 6.79 Å². The summed E-state index contributed by atoms with van der Waals surface area (Å²) in [4.78, 5) is 0. The average molecular weight is 203 g/mol. The van der Waals surface area contributed by atoms with Crippen molar-refractivity contribution in [1.29, 1.82) is 5.26 Å². The van der Waals surface area contributed by atoms with Crippen LogP contribution in [0.4, 0.5) is 0 Å². The fraction of sp³-hybridized carbons (Fsp3) is 0.417. The number of ether oxygens (including phenoxy) is 2. The summed E-state index contributed by atoms with van der Waals surface area (Å²) < 4.78 is 10.5. The van der Waals surface area contributed by atoms with E-state index in [-0.39, 0.29) is 5.41 Å². The second-order valence-electron chi connectivity index (χ2n) is 4.36. The molecule has 1 aromatic rings. The van der Waals surface area contributed by atoms with E-state index in [9.17, 15) is 0 Å². The Morgan fingerprint density at radius 1 is 1.33 bits per heavy atom. The van der Waals surface area contributed by atoms with Crippen molar-refractivity contribution in [2.24, 2.45) is 5.41 Å². The molecule has 0 spiro atoms. The summed E-state index contributed by atoms with van der Waals surface area (Å²) >= 11 is 0. The Kier molecular flexibility index (Phi) is 2.28. The molecule has 0 saturated carbocycles. The largest absolute Gasteiger partial charge is 0.454 e. The molecule has 0 aliphatic carbocycles. The van der Waals surface area contributed by atoms with Crippen molar-refractivity contribution in [2.45, 2.75) is 20.3 Å². The van der Waals surface area contributed by atoms with E-state index in [1.807, 2.05) is 32.0 Å². The standard InChI is InChI=1S/C12H13NO2/c1-12(2,7-13)6-9-3-4-10-11(5-9)15-8-14-10/h3-5H,6,8H2,1-2H3. The Balaban J connectivity index is 2.21. The highest BCUT2D eigenvalue weighted by Crippen LogP contribution is 2.34. The third-order valence-electron chi connectivity index (χ3n) is 2.39. The highest BCUT2D eigenvalue weighted by atomic mass is 16.7. The van der Waals surface area contributed by atoms with Crippen molar-refractivity contribution in [3.63, 3.8) is 0 Å². The van der Waals surface area contributed by atoms with Gasteiger partial charge >= 0.3 is 0 Å². The van der Waals surface area contributed by atoms with E-state index in [1.165, 1.54) is 0 Å². The third kappa shape index (κ3) is 2.04. The quantitative estimate of drug-likeness (QED) is 0.741. The van der Waals surface area contributed by atoms with Gasteiger partial charge in [-0.1, -0.05) is 6.07 Å². The molecule has 15 heavy (non-hydrogen) atoms. The normalized spacial score (nSPS) is 13.7. The summed E-state index contributed by atoms with van der Waals surface area (Å²) in [5.41, 5.74) is 0.763. The van der Waals surface area contributed by atoms with Gasteiger partial charge in [-0.15, -0.1) is 0 Å². The lowest BCUT2D eigenvalue weighted by Gasteiger charge is -2.14. The van der Waals surface area contributed by atoms with E-state index in [2.05, 4.69) is 6.07 Å². The Bertz CT molecular complexity index is 418. The van der Waals surface area contributed by atoms with Gasteiger partial charge < -0.3 is 9.47 Å². The highest BCUT2D eigenvalue weighted by Gasteiger charge is 2.19. The summed E-state index contributed by atoms with van der Waals surface area (Å²) in [6.07, 6.45) is 0.722. The number of rotatable bonds is 2. The van der Waals surface area contributed by atoms with E-state index < -0.39 is 0 Å². The van der Waals surface area contributed by atoms with Crippen LogP contribution in [-0.4, -0.2) is 6.79 Å². The molecule has 78 valence electrons. The molecule has 2 rings (SSSR count). The van der Waals surface area contributed by atoms with Crippen LogP contribution in [0.1, 0.15) is 19.4 Å². The summed E-state index contributed by atoms with van der Waals surface area (Å²) in [5, 5.41) is 8.94. The summed E-state index contributed by atoms with van der Waals surface area (Å²) in [6, 6.07) is 8.10. The lowest BCUT2D eigenvalue weighted by molar-refractivity contribution is 0.174. The SMILES string of the molecule is CC(C)(C#N)Cc1ccc2c(c1)OCO2. The number of nitriles is 1. The van der Waals surface area contributed by atoms with Crippen LogP contribution in [0.5, 0.6) is 11.5 Å². The Morgan fingerprint density at radius 3 is 2.80 bits per heavy atom. The van der Waals surface area contributed by atoms with E-state index >= 15 is 0 Å². The molecule has 0 N–H and O–H groups in total. The number of hydrogen-bond acceptors (Lipinski definition) is 3. The molecule has 0 radical (unpaired) electrons.